The fraction of sp³-hybridized carbons (Fsp3) is 0.250. The van der Waals surface area contributed by atoms with Crippen LogP contribution in [-0.4, -0.2) is 13.4 Å². The van der Waals surface area contributed by atoms with E-state index in [4.69, 9.17) is 44.3 Å². The minimum Gasteiger partial charge on any atom is -0.140 e. The van der Waals surface area contributed by atoms with Crippen LogP contribution in [0.3, 0.4) is 0 Å². The molecule has 0 unspecified atom stereocenters. The fourth-order valence-electron chi connectivity index (χ4n) is 1.06. The van der Waals surface area contributed by atoms with E-state index in [9.17, 15) is 0 Å². The molecule has 0 bridgehead atoms. The Bertz CT molecular complexity index is 277. The maximum atomic E-state index is 6.07. The van der Waals surface area contributed by atoms with E-state index in [1.165, 1.54) is 0 Å². The number of hydrogen-bond donors (Lipinski definition) is 0. The molecule has 6 heteroatoms. The van der Waals surface area contributed by atoms with Gasteiger partial charge < -0.3 is 0 Å². The Kier molecular flexibility index (Phi) is 4.01. The fourth-order valence-corrected chi connectivity index (χ4v) is 4.07. The molecule has 0 aliphatic heterocycles. The van der Waals surface area contributed by atoms with E-state index in [-0.39, 0.29) is 0 Å². The van der Waals surface area contributed by atoms with E-state index in [1.807, 2.05) is 37.4 Å². The van der Waals surface area contributed by atoms with Crippen molar-refractivity contribution in [3.8, 4) is 0 Å². The third-order valence-corrected chi connectivity index (χ3v) is 7.21. The lowest BCUT2D eigenvalue weighted by Gasteiger charge is -2.14. The molecule has 0 aliphatic carbocycles. The summed E-state index contributed by atoms with van der Waals surface area (Å²) < 4.78 is 0. The van der Waals surface area contributed by atoms with Crippen molar-refractivity contribution in [1.29, 1.82) is 0 Å². The van der Waals surface area contributed by atoms with Gasteiger partial charge in [0, 0.05) is 0 Å². The Morgan fingerprint density at radius 3 is 1.07 bits per heavy atom. The zero-order valence-electron chi connectivity index (χ0n) is 7.82. The van der Waals surface area contributed by atoms with Crippen LogP contribution in [0.15, 0.2) is 24.3 Å². The van der Waals surface area contributed by atoms with Crippen LogP contribution in [0.2, 0.25) is 13.1 Å². The summed E-state index contributed by atoms with van der Waals surface area (Å²) in [4.78, 5) is 0. The van der Waals surface area contributed by atoms with Gasteiger partial charge in [-0.1, -0.05) is 24.3 Å². The van der Waals surface area contributed by atoms with Crippen LogP contribution in [-0.2, 0) is 0 Å². The molecule has 78 valence electrons. The first-order valence-electron chi connectivity index (χ1n) is 4.08. The van der Waals surface area contributed by atoms with Crippen molar-refractivity contribution >= 4 is 68.1 Å². The molecule has 1 rings (SSSR count). The van der Waals surface area contributed by atoms with Crippen molar-refractivity contribution in [2.75, 3.05) is 0 Å². The highest BCUT2D eigenvalue weighted by atomic mass is 35.7. The third kappa shape index (κ3) is 3.44. The molecule has 0 aliphatic rings. The van der Waals surface area contributed by atoms with Crippen LogP contribution in [0, 0.1) is 0 Å². The average Bonchev–Trinajstić information content (AvgIpc) is 2.01. The van der Waals surface area contributed by atoms with Gasteiger partial charge in [0.05, 0.1) is 0 Å². The predicted molar refractivity (Wildman–Crippen MR) is 72.4 cm³/mol. The van der Waals surface area contributed by atoms with Gasteiger partial charge in [-0.15, -0.1) is 44.3 Å². The molecule has 0 saturated heterocycles. The van der Waals surface area contributed by atoms with Crippen LogP contribution in [0.4, 0.5) is 0 Å². The summed E-state index contributed by atoms with van der Waals surface area (Å²) in [5.74, 6) is 0. The zero-order valence-corrected chi connectivity index (χ0v) is 12.8. The maximum absolute atomic E-state index is 6.07. The maximum Gasteiger partial charge on any atom is 0.277 e. The second-order valence-electron chi connectivity index (χ2n) is 3.35. The Morgan fingerprint density at radius 1 is 0.714 bits per heavy atom. The molecule has 0 heterocycles. The van der Waals surface area contributed by atoms with Gasteiger partial charge in [-0.25, -0.2) is 0 Å². The molecule has 0 N–H and O–H groups in total. The monoisotopic (exact) mass is 302 g/mol. The van der Waals surface area contributed by atoms with Crippen LogP contribution in [0.5, 0.6) is 0 Å². The van der Waals surface area contributed by atoms with E-state index >= 15 is 0 Å². The first kappa shape index (κ1) is 12.9. The second-order valence-corrected chi connectivity index (χ2v) is 18.3. The zero-order chi connectivity index (χ0) is 11.0. The highest BCUT2D eigenvalue weighted by Crippen LogP contribution is 2.16. The second kappa shape index (κ2) is 4.36. The van der Waals surface area contributed by atoms with Crippen LogP contribution >= 0.6 is 44.3 Å². The number of benzene rings is 1. The smallest absolute Gasteiger partial charge is 0.140 e. The summed E-state index contributed by atoms with van der Waals surface area (Å²) in [5, 5.41) is 1.97. The highest BCUT2D eigenvalue weighted by Gasteiger charge is 2.27. The van der Waals surface area contributed by atoms with Gasteiger partial charge in [0.15, 0.2) is 0 Å². The van der Waals surface area contributed by atoms with Gasteiger partial charge >= 0.3 is 0 Å². The number of hydrogen-bond acceptors (Lipinski definition) is 0. The molecule has 0 spiro atoms. The van der Waals surface area contributed by atoms with Gasteiger partial charge in [-0.05, 0) is 23.5 Å². The quantitative estimate of drug-likeness (QED) is 0.581. The Morgan fingerprint density at radius 2 is 0.929 bits per heavy atom. The van der Waals surface area contributed by atoms with Crippen LogP contribution in [0.1, 0.15) is 0 Å². The molecule has 1 aromatic rings. The molecule has 0 saturated carbocycles. The van der Waals surface area contributed by atoms with Gasteiger partial charge in [-0.3, -0.25) is 0 Å². The van der Waals surface area contributed by atoms with Crippen molar-refractivity contribution in [2.45, 2.75) is 13.1 Å². The molecule has 1 aromatic carbocycles. The molecule has 0 aromatic heterocycles. The van der Waals surface area contributed by atoms with Crippen LogP contribution in [0.25, 0.3) is 0 Å². The summed E-state index contributed by atoms with van der Waals surface area (Å²) >= 11 is 24.3. The van der Waals surface area contributed by atoms with E-state index in [1.54, 1.807) is 0 Å². The molecular formula is C8H10Cl4Si2. The average molecular weight is 304 g/mol. The van der Waals surface area contributed by atoms with E-state index in [0.29, 0.717) is 0 Å². The van der Waals surface area contributed by atoms with Crippen molar-refractivity contribution < 1.29 is 0 Å². The predicted octanol–water partition coefficient (Wildman–Crippen LogP) is 3.20. The van der Waals surface area contributed by atoms with Crippen molar-refractivity contribution in [2.24, 2.45) is 0 Å². The first-order chi connectivity index (χ1) is 6.21. The highest BCUT2D eigenvalue weighted by molar-refractivity contribution is 7.51. The summed E-state index contributed by atoms with van der Waals surface area (Å²) in [5.41, 5.74) is 0. The van der Waals surface area contributed by atoms with E-state index in [0.717, 1.165) is 10.4 Å². The topological polar surface area (TPSA) is 0 Å². The standard InChI is InChI=1S/C8H10Cl4Si2/c1-13(9,10)7-3-5-8(6-4-7)14(2,11)12/h3-6H,1-2H3. The van der Waals surface area contributed by atoms with Gasteiger partial charge in [0.2, 0.25) is 0 Å². The summed E-state index contributed by atoms with van der Waals surface area (Å²) in [6.45, 7) is -0.755. The molecule has 0 atom stereocenters. The molecule has 0 fully saturated rings. The largest absolute Gasteiger partial charge is 0.277 e. The van der Waals surface area contributed by atoms with Gasteiger partial charge in [0.1, 0.15) is 0 Å². The molecular weight excluding hydrogens is 294 g/mol. The van der Waals surface area contributed by atoms with Crippen molar-refractivity contribution in [3.63, 3.8) is 0 Å². The van der Waals surface area contributed by atoms with Crippen molar-refractivity contribution in [3.05, 3.63) is 24.3 Å². The lowest BCUT2D eigenvalue weighted by molar-refractivity contribution is 1.80. The molecule has 14 heavy (non-hydrogen) atoms. The Balaban J connectivity index is 3.02. The van der Waals surface area contributed by atoms with E-state index < -0.39 is 13.4 Å². The van der Waals surface area contributed by atoms with Crippen molar-refractivity contribution in [1.82, 2.24) is 0 Å². The lowest BCUT2D eigenvalue weighted by atomic mass is 10.4. The normalized spacial score (nSPS) is 13.0. The lowest BCUT2D eigenvalue weighted by Crippen LogP contribution is -2.37. The minimum absolute atomic E-state index is 0.983. The molecule has 0 amide bonds. The number of halogens is 4. The SMILES string of the molecule is C[Si](Cl)(Cl)c1ccc([Si](C)(Cl)Cl)cc1. The van der Waals surface area contributed by atoms with Gasteiger partial charge in [-0.2, -0.15) is 0 Å². The van der Waals surface area contributed by atoms with Gasteiger partial charge in [0.25, 0.3) is 13.4 Å². The minimum atomic E-state index is -2.24. The summed E-state index contributed by atoms with van der Waals surface area (Å²) in [6, 6.07) is 7.66. The Labute approximate surface area is 105 Å². The third-order valence-electron chi connectivity index (χ3n) is 1.90. The summed E-state index contributed by atoms with van der Waals surface area (Å²) in [7, 11) is 0. The summed E-state index contributed by atoms with van der Waals surface area (Å²) in [6.07, 6.45) is 0. The van der Waals surface area contributed by atoms with Crippen LogP contribution < -0.4 is 10.4 Å². The molecule has 0 nitrogen and oxygen atoms in total. The number of rotatable bonds is 2. The van der Waals surface area contributed by atoms with E-state index in [2.05, 4.69) is 0 Å². The Hall–Kier alpha value is 0.814. The molecule has 0 radical (unpaired) electrons. The first-order valence-corrected chi connectivity index (χ1v) is 13.1.